The summed E-state index contributed by atoms with van der Waals surface area (Å²) in [5.74, 6) is -0.232. The summed E-state index contributed by atoms with van der Waals surface area (Å²) in [5.41, 5.74) is 5.99. The molecule has 0 radical (unpaired) electrons. The molecule has 1 atom stereocenters. The van der Waals surface area contributed by atoms with Crippen LogP contribution >= 0.6 is 0 Å². The van der Waals surface area contributed by atoms with Crippen LogP contribution in [0.25, 0.3) is 0 Å². The predicted octanol–water partition coefficient (Wildman–Crippen LogP) is 0.803. The van der Waals surface area contributed by atoms with E-state index in [1.54, 1.807) is 19.1 Å². The van der Waals surface area contributed by atoms with Crippen molar-refractivity contribution in [2.75, 3.05) is 5.32 Å². The lowest BCUT2D eigenvalue weighted by atomic mass is 10.2. The van der Waals surface area contributed by atoms with Crippen molar-refractivity contribution < 1.29 is 13.2 Å². The Morgan fingerprint density at radius 3 is 2.75 bits per heavy atom. The Labute approximate surface area is 118 Å². The van der Waals surface area contributed by atoms with Crippen LogP contribution in [0.1, 0.15) is 26.2 Å². The zero-order chi connectivity index (χ0) is 14.8. The fourth-order valence-electron chi connectivity index (χ4n) is 1.73. The molecule has 0 saturated heterocycles. The number of carbonyl (C=O) groups excluding carboxylic acids is 1. The largest absolute Gasteiger partial charge is 0.327 e. The minimum atomic E-state index is -3.50. The molecule has 0 aromatic heterocycles. The average molecular weight is 297 g/mol. The molecule has 20 heavy (non-hydrogen) atoms. The van der Waals surface area contributed by atoms with Crippen LogP contribution in [0.15, 0.2) is 29.2 Å². The van der Waals surface area contributed by atoms with E-state index in [-0.39, 0.29) is 29.3 Å². The Balaban J connectivity index is 2.09. The number of nitrogens with two attached hydrogens (primary N) is 1. The third-order valence-electron chi connectivity index (χ3n) is 2.83. The van der Waals surface area contributed by atoms with Crippen LogP contribution in [0.2, 0.25) is 0 Å². The Hall–Kier alpha value is -1.44. The summed E-state index contributed by atoms with van der Waals surface area (Å²) in [4.78, 5) is 11.8. The third kappa shape index (κ3) is 4.29. The first kappa shape index (κ1) is 15.0. The fourth-order valence-corrected chi connectivity index (χ4v) is 3.08. The van der Waals surface area contributed by atoms with E-state index in [1.807, 2.05) is 0 Å². The Morgan fingerprint density at radius 2 is 2.15 bits per heavy atom. The van der Waals surface area contributed by atoms with Crippen LogP contribution in [0.4, 0.5) is 5.69 Å². The van der Waals surface area contributed by atoms with Crippen molar-refractivity contribution in [1.29, 1.82) is 0 Å². The molecule has 110 valence electrons. The number of sulfonamides is 1. The number of rotatable bonds is 6. The number of benzene rings is 1. The highest BCUT2D eigenvalue weighted by Gasteiger charge is 2.28. The highest BCUT2D eigenvalue weighted by atomic mass is 32.2. The lowest BCUT2D eigenvalue weighted by Crippen LogP contribution is -2.26. The molecule has 0 aliphatic heterocycles. The van der Waals surface area contributed by atoms with Crippen molar-refractivity contribution in [2.45, 2.75) is 43.2 Å². The molecule has 6 nitrogen and oxygen atoms in total. The van der Waals surface area contributed by atoms with Crippen LogP contribution in [0, 0.1) is 0 Å². The summed E-state index contributed by atoms with van der Waals surface area (Å²) in [5, 5.41) is 2.64. The molecule has 1 aromatic carbocycles. The van der Waals surface area contributed by atoms with E-state index in [0.717, 1.165) is 12.8 Å². The summed E-state index contributed by atoms with van der Waals surface area (Å²) in [7, 11) is -3.50. The van der Waals surface area contributed by atoms with Gasteiger partial charge in [0.1, 0.15) is 0 Å². The molecular weight excluding hydrogens is 278 g/mol. The molecule has 1 unspecified atom stereocenters. The van der Waals surface area contributed by atoms with Crippen molar-refractivity contribution in [1.82, 2.24) is 4.72 Å². The number of hydrogen-bond acceptors (Lipinski definition) is 4. The predicted molar refractivity (Wildman–Crippen MR) is 76.7 cm³/mol. The molecule has 1 aliphatic rings. The topological polar surface area (TPSA) is 101 Å². The van der Waals surface area contributed by atoms with Crippen molar-refractivity contribution in [3.63, 3.8) is 0 Å². The Kier molecular flexibility index (Phi) is 4.42. The lowest BCUT2D eigenvalue weighted by molar-refractivity contribution is -0.116. The Morgan fingerprint density at radius 1 is 1.45 bits per heavy atom. The van der Waals surface area contributed by atoms with Gasteiger partial charge in [-0.3, -0.25) is 4.79 Å². The number of anilines is 1. The molecule has 1 aromatic rings. The first-order chi connectivity index (χ1) is 9.37. The summed E-state index contributed by atoms with van der Waals surface area (Å²) < 4.78 is 26.7. The summed E-state index contributed by atoms with van der Waals surface area (Å²) in [6, 6.07) is 6.02. The van der Waals surface area contributed by atoms with Crippen LogP contribution < -0.4 is 15.8 Å². The second-order valence-corrected chi connectivity index (χ2v) is 6.87. The third-order valence-corrected chi connectivity index (χ3v) is 4.35. The van der Waals surface area contributed by atoms with Crippen molar-refractivity contribution in [2.24, 2.45) is 5.73 Å². The smallest absolute Gasteiger partial charge is 0.240 e. The van der Waals surface area contributed by atoms with E-state index >= 15 is 0 Å². The molecule has 0 bridgehead atoms. The van der Waals surface area contributed by atoms with Gasteiger partial charge in [-0.25, -0.2) is 13.1 Å². The Bertz CT molecular complexity index is 595. The summed E-state index contributed by atoms with van der Waals surface area (Å²) in [6.07, 6.45) is 1.95. The van der Waals surface area contributed by atoms with Gasteiger partial charge in [-0.1, -0.05) is 6.07 Å². The van der Waals surface area contributed by atoms with Crippen molar-refractivity contribution in [3.05, 3.63) is 24.3 Å². The molecule has 7 heteroatoms. The van der Waals surface area contributed by atoms with Gasteiger partial charge in [-0.15, -0.1) is 0 Å². The maximum absolute atomic E-state index is 12.1. The molecule has 1 amide bonds. The van der Waals surface area contributed by atoms with Crippen LogP contribution in [0.3, 0.4) is 0 Å². The SMILES string of the molecule is CC(N)CC(=O)Nc1cccc(S(=O)(=O)NC2CC2)c1. The standard InChI is InChI=1S/C13H19N3O3S/c1-9(14)7-13(17)15-11-3-2-4-12(8-11)20(18,19)16-10-5-6-10/h2-4,8-10,16H,5-7,14H2,1H3,(H,15,17). The summed E-state index contributed by atoms with van der Waals surface area (Å²) in [6.45, 7) is 1.74. The van der Waals surface area contributed by atoms with Gasteiger partial charge in [0.15, 0.2) is 0 Å². The molecular formula is C13H19N3O3S. The van der Waals surface area contributed by atoms with E-state index in [4.69, 9.17) is 5.73 Å². The van der Waals surface area contributed by atoms with E-state index < -0.39 is 10.0 Å². The van der Waals surface area contributed by atoms with Crippen molar-refractivity contribution >= 4 is 21.6 Å². The monoisotopic (exact) mass is 297 g/mol. The quantitative estimate of drug-likeness (QED) is 0.723. The lowest BCUT2D eigenvalue weighted by Gasteiger charge is -2.10. The van der Waals surface area contributed by atoms with E-state index in [0.29, 0.717) is 5.69 Å². The van der Waals surface area contributed by atoms with Gasteiger partial charge in [-0.05, 0) is 38.0 Å². The van der Waals surface area contributed by atoms with Crippen molar-refractivity contribution in [3.8, 4) is 0 Å². The minimum Gasteiger partial charge on any atom is -0.327 e. The molecule has 0 heterocycles. The maximum atomic E-state index is 12.1. The van der Waals surface area contributed by atoms with Gasteiger partial charge in [0.25, 0.3) is 0 Å². The maximum Gasteiger partial charge on any atom is 0.240 e. The molecule has 2 rings (SSSR count). The number of amides is 1. The van der Waals surface area contributed by atoms with Gasteiger partial charge in [0.05, 0.1) is 4.90 Å². The van der Waals surface area contributed by atoms with Crippen LogP contribution in [0.5, 0.6) is 0 Å². The summed E-state index contributed by atoms with van der Waals surface area (Å²) >= 11 is 0. The number of hydrogen-bond donors (Lipinski definition) is 3. The first-order valence-corrected chi connectivity index (χ1v) is 8.03. The normalized spacial score (nSPS) is 16.7. The zero-order valence-corrected chi connectivity index (χ0v) is 12.1. The zero-order valence-electron chi connectivity index (χ0n) is 11.3. The van der Waals surface area contributed by atoms with E-state index in [1.165, 1.54) is 12.1 Å². The molecule has 4 N–H and O–H groups in total. The molecule has 0 spiro atoms. The van der Waals surface area contributed by atoms with Crippen LogP contribution in [-0.2, 0) is 14.8 Å². The highest BCUT2D eigenvalue weighted by Crippen LogP contribution is 2.23. The van der Waals surface area contributed by atoms with Gasteiger partial charge in [0.2, 0.25) is 15.9 Å². The minimum absolute atomic E-state index is 0.0522. The second-order valence-electron chi connectivity index (χ2n) is 5.15. The van der Waals surface area contributed by atoms with E-state index in [2.05, 4.69) is 10.0 Å². The highest BCUT2D eigenvalue weighted by molar-refractivity contribution is 7.89. The van der Waals surface area contributed by atoms with Crippen LogP contribution in [-0.4, -0.2) is 26.4 Å². The molecule has 1 saturated carbocycles. The second kappa shape index (κ2) is 5.90. The molecule has 1 fully saturated rings. The van der Waals surface area contributed by atoms with Gasteiger partial charge >= 0.3 is 0 Å². The number of carbonyl (C=O) groups is 1. The first-order valence-electron chi connectivity index (χ1n) is 6.54. The van der Waals surface area contributed by atoms with Gasteiger partial charge in [0, 0.05) is 24.2 Å². The average Bonchev–Trinajstić information content (AvgIpc) is 3.11. The van der Waals surface area contributed by atoms with Gasteiger partial charge in [-0.2, -0.15) is 0 Å². The van der Waals surface area contributed by atoms with E-state index in [9.17, 15) is 13.2 Å². The number of nitrogens with one attached hydrogen (secondary N) is 2. The van der Waals surface area contributed by atoms with Gasteiger partial charge < -0.3 is 11.1 Å². The fraction of sp³-hybridized carbons (Fsp3) is 0.462. The molecule has 1 aliphatic carbocycles.